The number of furan rings is 1. The Bertz CT molecular complexity index is 1280. The number of nitrogens with zero attached hydrogens (tertiary/aromatic N) is 1. The number of rotatable bonds is 10. The Kier molecular flexibility index (Phi) is 8.18. The number of carbonyl (C=O) groups is 2. The number of carbonyl (C=O) groups excluding carboxylic acids is 2. The fourth-order valence-electron chi connectivity index (χ4n) is 3.56. The minimum absolute atomic E-state index is 0.0683. The highest BCUT2D eigenvalue weighted by atomic mass is 16.5. The lowest BCUT2D eigenvalue weighted by molar-refractivity contribution is -0.121. The highest BCUT2D eigenvalue weighted by molar-refractivity contribution is 5.92. The third-order valence-corrected chi connectivity index (χ3v) is 5.33. The minimum Gasteiger partial charge on any atom is -0.486 e. The third kappa shape index (κ3) is 7.09. The molecule has 0 saturated heterocycles. The van der Waals surface area contributed by atoms with Gasteiger partial charge in [0.1, 0.15) is 18.1 Å². The number of hydrazine groups is 1. The van der Waals surface area contributed by atoms with E-state index >= 15 is 0 Å². The lowest BCUT2D eigenvalue weighted by atomic mass is 10.0. The molecule has 0 aliphatic carbocycles. The van der Waals surface area contributed by atoms with Gasteiger partial charge in [-0.2, -0.15) is 0 Å². The maximum Gasteiger partial charge on any atom is 0.305 e. The van der Waals surface area contributed by atoms with Crippen LogP contribution < -0.4 is 15.6 Å². The lowest BCUT2D eigenvalue weighted by Crippen LogP contribution is -2.41. The molecule has 2 N–H and O–H groups in total. The fraction of sp³-hybridized carbons (Fsp3) is 0.250. The van der Waals surface area contributed by atoms with E-state index in [0.29, 0.717) is 35.5 Å². The minimum atomic E-state index is -0.561. The second-order valence-corrected chi connectivity index (χ2v) is 8.78. The number of hydrogen-bond acceptors (Lipinski definition) is 6. The van der Waals surface area contributed by atoms with Crippen molar-refractivity contribution in [1.82, 2.24) is 15.8 Å². The summed E-state index contributed by atoms with van der Waals surface area (Å²) in [7, 11) is 0. The van der Waals surface area contributed by atoms with Crippen molar-refractivity contribution >= 4 is 11.8 Å². The number of ether oxygens (including phenoxy) is 1. The summed E-state index contributed by atoms with van der Waals surface area (Å²) in [5.74, 6) is 2.02. The van der Waals surface area contributed by atoms with Gasteiger partial charge in [-0.1, -0.05) is 56.3 Å². The predicted octanol–water partition coefficient (Wildman–Crippen LogP) is 5.11. The van der Waals surface area contributed by atoms with E-state index in [0.717, 1.165) is 12.0 Å². The molecule has 0 aliphatic heterocycles. The smallest absolute Gasteiger partial charge is 0.305 e. The number of aryl methyl sites for hydroxylation is 1. The average molecular weight is 488 g/mol. The molecule has 0 bridgehead atoms. The molecule has 0 atom stereocenters. The van der Waals surface area contributed by atoms with Crippen molar-refractivity contribution in [3.05, 3.63) is 95.9 Å². The van der Waals surface area contributed by atoms with Crippen LogP contribution in [0, 0.1) is 5.92 Å². The van der Waals surface area contributed by atoms with E-state index in [-0.39, 0.29) is 24.7 Å². The van der Waals surface area contributed by atoms with E-state index in [1.54, 1.807) is 12.3 Å². The topological polar surface area (TPSA) is 107 Å². The largest absolute Gasteiger partial charge is 0.486 e. The Morgan fingerprint density at radius 2 is 1.72 bits per heavy atom. The number of nitrogens with one attached hydrogen (secondary N) is 2. The van der Waals surface area contributed by atoms with Gasteiger partial charge in [0.05, 0.1) is 6.20 Å². The van der Waals surface area contributed by atoms with Crippen LogP contribution in [0.2, 0.25) is 0 Å². The molecule has 0 fully saturated rings. The first-order chi connectivity index (χ1) is 17.5. The third-order valence-electron chi connectivity index (χ3n) is 5.33. The molecular weight excluding hydrogens is 458 g/mol. The zero-order valence-electron chi connectivity index (χ0n) is 20.3. The van der Waals surface area contributed by atoms with Gasteiger partial charge in [-0.3, -0.25) is 20.4 Å². The number of benzene rings is 2. The molecule has 4 rings (SSSR count). The fourth-order valence-corrected chi connectivity index (χ4v) is 3.56. The number of para-hydroxylation sites is 1. The first kappa shape index (κ1) is 24.8. The van der Waals surface area contributed by atoms with Crippen LogP contribution in [0.15, 0.2) is 81.8 Å². The lowest BCUT2D eigenvalue weighted by Gasteiger charge is -2.06. The summed E-state index contributed by atoms with van der Waals surface area (Å²) in [5.41, 5.74) is 6.94. The second kappa shape index (κ2) is 11.9. The van der Waals surface area contributed by atoms with Crippen LogP contribution in [-0.2, 0) is 24.2 Å². The van der Waals surface area contributed by atoms with Crippen LogP contribution in [0.5, 0.6) is 5.75 Å². The van der Waals surface area contributed by atoms with Crippen LogP contribution in [0.4, 0.5) is 0 Å². The molecule has 2 aromatic carbocycles. The van der Waals surface area contributed by atoms with Crippen LogP contribution >= 0.6 is 0 Å². The number of aromatic nitrogens is 1. The molecular formula is C28H29N3O5. The van der Waals surface area contributed by atoms with E-state index in [2.05, 4.69) is 41.8 Å². The molecule has 0 saturated carbocycles. The zero-order chi connectivity index (χ0) is 25.3. The van der Waals surface area contributed by atoms with Gasteiger partial charge in [-0.15, -0.1) is 0 Å². The van der Waals surface area contributed by atoms with Gasteiger partial charge in [0.25, 0.3) is 0 Å². The maximum absolute atomic E-state index is 12.3. The number of oxazole rings is 1. The summed E-state index contributed by atoms with van der Waals surface area (Å²) in [6.45, 7) is 4.56. The molecule has 0 unspecified atom stereocenters. The Hall–Kier alpha value is -4.33. The van der Waals surface area contributed by atoms with E-state index in [4.69, 9.17) is 13.6 Å². The van der Waals surface area contributed by atoms with Crippen LogP contribution in [0.3, 0.4) is 0 Å². The summed E-state index contributed by atoms with van der Waals surface area (Å²) in [4.78, 5) is 28.7. The first-order valence-corrected chi connectivity index (χ1v) is 11.9. The second-order valence-electron chi connectivity index (χ2n) is 8.78. The summed E-state index contributed by atoms with van der Waals surface area (Å²) in [6, 6.07) is 20.7. The Labute approximate surface area is 209 Å². The first-order valence-electron chi connectivity index (χ1n) is 11.9. The van der Waals surface area contributed by atoms with Crippen LogP contribution in [-0.4, -0.2) is 16.8 Å². The van der Waals surface area contributed by atoms with Gasteiger partial charge in [-0.05, 0) is 42.2 Å². The Morgan fingerprint density at radius 3 is 2.47 bits per heavy atom. The predicted molar refractivity (Wildman–Crippen MR) is 134 cm³/mol. The molecule has 0 radical (unpaired) electrons. The molecule has 0 aliphatic rings. The highest BCUT2D eigenvalue weighted by Gasteiger charge is 2.14. The maximum atomic E-state index is 12.3. The van der Waals surface area contributed by atoms with Crippen molar-refractivity contribution < 1.29 is 23.2 Å². The van der Waals surface area contributed by atoms with Crippen molar-refractivity contribution in [2.24, 2.45) is 5.92 Å². The molecule has 2 heterocycles. The van der Waals surface area contributed by atoms with Crippen molar-refractivity contribution in [3.8, 4) is 17.1 Å². The van der Waals surface area contributed by atoms with Gasteiger partial charge in [0, 0.05) is 18.4 Å². The monoisotopic (exact) mass is 487 g/mol. The van der Waals surface area contributed by atoms with Crippen molar-refractivity contribution in [2.75, 3.05) is 0 Å². The molecule has 186 valence electrons. The Balaban J connectivity index is 1.20. The number of hydrogen-bond donors (Lipinski definition) is 2. The Morgan fingerprint density at radius 1 is 0.944 bits per heavy atom. The van der Waals surface area contributed by atoms with Gasteiger partial charge in [0.15, 0.2) is 17.4 Å². The van der Waals surface area contributed by atoms with Crippen molar-refractivity contribution in [1.29, 1.82) is 0 Å². The molecule has 0 spiro atoms. The van der Waals surface area contributed by atoms with E-state index in [1.165, 1.54) is 11.6 Å². The standard InChI is InChI=1S/C28H29N3O5/c1-19(2)16-20-8-10-21(11-9-20)25-17-29-27(36-25)15-14-26(32)30-31-28(33)24-13-12-23(35-24)18-34-22-6-4-3-5-7-22/h3-13,17,19H,14-16,18H2,1-2H3,(H,30,32)(H,31,33). The molecule has 8 heteroatoms. The highest BCUT2D eigenvalue weighted by Crippen LogP contribution is 2.22. The summed E-state index contributed by atoms with van der Waals surface area (Å²) in [5, 5.41) is 0. The van der Waals surface area contributed by atoms with Crippen LogP contribution in [0.1, 0.15) is 48.0 Å². The molecule has 36 heavy (non-hydrogen) atoms. The van der Waals surface area contributed by atoms with E-state index in [9.17, 15) is 9.59 Å². The van der Waals surface area contributed by atoms with E-state index in [1.807, 2.05) is 42.5 Å². The normalized spacial score (nSPS) is 10.9. The van der Waals surface area contributed by atoms with E-state index < -0.39 is 5.91 Å². The average Bonchev–Trinajstić information content (AvgIpc) is 3.56. The van der Waals surface area contributed by atoms with Gasteiger partial charge in [0.2, 0.25) is 5.91 Å². The molecule has 4 aromatic rings. The summed E-state index contributed by atoms with van der Waals surface area (Å²) >= 11 is 0. The van der Waals surface area contributed by atoms with Gasteiger partial charge >= 0.3 is 5.91 Å². The molecule has 2 aromatic heterocycles. The molecule has 8 nitrogen and oxygen atoms in total. The van der Waals surface area contributed by atoms with Crippen molar-refractivity contribution in [3.63, 3.8) is 0 Å². The van der Waals surface area contributed by atoms with Gasteiger partial charge in [-0.25, -0.2) is 4.98 Å². The quantitative estimate of drug-likeness (QED) is 0.301. The summed E-state index contributed by atoms with van der Waals surface area (Å²) in [6.07, 6.45) is 3.08. The van der Waals surface area contributed by atoms with Crippen molar-refractivity contribution in [2.45, 2.75) is 39.7 Å². The van der Waals surface area contributed by atoms with Crippen LogP contribution in [0.25, 0.3) is 11.3 Å². The summed E-state index contributed by atoms with van der Waals surface area (Å²) < 4.78 is 16.9. The van der Waals surface area contributed by atoms with Gasteiger partial charge < -0.3 is 13.6 Å². The zero-order valence-corrected chi connectivity index (χ0v) is 20.3. The number of amides is 2. The SMILES string of the molecule is CC(C)Cc1ccc(-c2cnc(CCC(=O)NNC(=O)c3ccc(COc4ccccc4)o3)o2)cc1. The molecule has 2 amide bonds.